The van der Waals surface area contributed by atoms with Crippen molar-refractivity contribution in [2.75, 3.05) is 6.54 Å². The molecule has 1 saturated carbocycles. The summed E-state index contributed by atoms with van der Waals surface area (Å²) in [5, 5.41) is 10.8. The summed E-state index contributed by atoms with van der Waals surface area (Å²) in [5.74, 6) is 0.290. The van der Waals surface area contributed by atoms with Gasteiger partial charge in [-0.15, -0.1) is 0 Å². The average molecular weight is 287 g/mol. The first-order valence-electron chi connectivity index (χ1n) is 7.23. The maximum Gasteiger partial charge on any atom is 0.192 e. The Labute approximate surface area is 118 Å². The van der Waals surface area contributed by atoms with E-state index in [2.05, 4.69) is 53.2 Å². The molecule has 1 unspecified atom stereocenters. The monoisotopic (exact) mass is 287 g/mol. The topological polar surface area (TPSA) is 50.7 Å². The number of hydroxylamine groups is 1. The first-order valence-corrected chi connectivity index (χ1v) is 10.1. The summed E-state index contributed by atoms with van der Waals surface area (Å²) in [4.78, 5) is 5.62. The fraction of sp³-hybridized carbons (Fsp3) is 1.00. The lowest BCUT2D eigenvalue weighted by Crippen LogP contribution is -2.56. The Bertz CT molecular complexity index is 368. The van der Waals surface area contributed by atoms with Gasteiger partial charge in [-0.1, -0.05) is 27.7 Å². The standard InChI is InChI=1S/C14H29NO3Si/c1-10-8-14(16)9-15-17-11(14)13(10,5)18-19(6,7)12(2,3)4/h10-11,15-16H,8-9H2,1-7H3/t10-,11+,13?,14-/m0/s1. The number of rotatable bonds is 2. The maximum absolute atomic E-state index is 10.7. The van der Waals surface area contributed by atoms with Crippen LogP contribution in [0.15, 0.2) is 0 Å². The van der Waals surface area contributed by atoms with E-state index in [4.69, 9.17) is 9.26 Å². The van der Waals surface area contributed by atoms with Crippen LogP contribution in [0.2, 0.25) is 18.1 Å². The van der Waals surface area contributed by atoms with Crippen LogP contribution in [-0.2, 0) is 9.26 Å². The molecule has 4 atom stereocenters. The molecule has 2 N–H and O–H groups in total. The van der Waals surface area contributed by atoms with Gasteiger partial charge in [-0.05, 0) is 37.4 Å². The second-order valence-electron chi connectivity index (χ2n) is 8.07. The molecule has 1 heterocycles. The van der Waals surface area contributed by atoms with Gasteiger partial charge in [0.2, 0.25) is 0 Å². The highest BCUT2D eigenvalue weighted by Gasteiger charge is 2.64. The number of hydrogen-bond donors (Lipinski definition) is 2. The molecule has 1 aliphatic carbocycles. The van der Waals surface area contributed by atoms with Crippen molar-refractivity contribution in [3.63, 3.8) is 0 Å². The lowest BCUT2D eigenvalue weighted by atomic mass is 9.92. The van der Waals surface area contributed by atoms with Gasteiger partial charge < -0.3 is 9.53 Å². The van der Waals surface area contributed by atoms with Gasteiger partial charge in [-0.25, -0.2) is 0 Å². The van der Waals surface area contributed by atoms with E-state index in [1.54, 1.807) is 0 Å². The molecule has 2 rings (SSSR count). The zero-order chi connectivity index (χ0) is 14.7. The van der Waals surface area contributed by atoms with Crippen LogP contribution in [0.1, 0.15) is 41.0 Å². The summed E-state index contributed by atoms with van der Waals surface area (Å²) < 4.78 is 6.66. The number of aliphatic hydroxyl groups is 1. The Balaban J connectivity index is 2.28. The van der Waals surface area contributed by atoms with E-state index in [0.29, 0.717) is 12.5 Å². The summed E-state index contributed by atoms with van der Waals surface area (Å²) in [7, 11) is -1.90. The van der Waals surface area contributed by atoms with Crippen LogP contribution in [0, 0.1) is 5.92 Å². The largest absolute Gasteiger partial charge is 0.409 e. The van der Waals surface area contributed by atoms with Gasteiger partial charge >= 0.3 is 0 Å². The van der Waals surface area contributed by atoms with Gasteiger partial charge in [0.25, 0.3) is 0 Å². The normalized spacial score (nSPS) is 43.6. The molecule has 2 aliphatic rings. The van der Waals surface area contributed by atoms with Crippen LogP contribution in [0.4, 0.5) is 0 Å². The molecule has 0 aromatic carbocycles. The Kier molecular flexibility index (Phi) is 3.47. The quantitative estimate of drug-likeness (QED) is 0.766. The number of β-amino-alcohol motifs (C(OH)–C–C–N with tert-alkyl or cyclic N) is 1. The minimum atomic E-state index is -1.90. The van der Waals surface area contributed by atoms with Crippen LogP contribution in [0.3, 0.4) is 0 Å². The Morgan fingerprint density at radius 1 is 1.37 bits per heavy atom. The summed E-state index contributed by atoms with van der Waals surface area (Å²) in [6.07, 6.45) is 0.458. The van der Waals surface area contributed by atoms with Crippen LogP contribution in [-0.4, -0.2) is 37.3 Å². The van der Waals surface area contributed by atoms with Crippen LogP contribution >= 0.6 is 0 Å². The van der Waals surface area contributed by atoms with Gasteiger partial charge in [0, 0.05) is 0 Å². The summed E-state index contributed by atoms with van der Waals surface area (Å²) in [5.41, 5.74) is 1.65. The smallest absolute Gasteiger partial charge is 0.192 e. The van der Waals surface area contributed by atoms with E-state index < -0.39 is 19.5 Å². The lowest BCUT2D eigenvalue weighted by Gasteiger charge is -2.46. The molecule has 0 amide bonds. The fourth-order valence-corrected chi connectivity index (χ4v) is 4.84. The highest BCUT2D eigenvalue weighted by molar-refractivity contribution is 6.74. The van der Waals surface area contributed by atoms with E-state index in [-0.39, 0.29) is 11.1 Å². The van der Waals surface area contributed by atoms with E-state index in [1.807, 2.05) is 0 Å². The van der Waals surface area contributed by atoms with E-state index in [0.717, 1.165) is 6.42 Å². The Morgan fingerprint density at radius 3 is 2.47 bits per heavy atom. The molecule has 0 aromatic rings. The summed E-state index contributed by atoms with van der Waals surface area (Å²) in [6.45, 7) is 16.0. The number of nitrogens with one attached hydrogen (secondary N) is 1. The molecule has 112 valence electrons. The molecule has 2 fully saturated rings. The zero-order valence-corrected chi connectivity index (χ0v) is 14.3. The highest BCUT2D eigenvalue weighted by Crippen LogP contribution is 2.51. The van der Waals surface area contributed by atoms with Gasteiger partial charge in [-0.3, -0.25) is 4.84 Å². The molecule has 0 aromatic heterocycles. The first-order chi connectivity index (χ1) is 8.42. The molecular weight excluding hydrogens is 258 g/mol. The van der Waals surface area contributed by atoms with Crippen molar-refractivity contribution in [2.24, 2.45) is 5.92 Å². The molecular formula is C14H29NO3Si. The van der Waals surface area contributed by atoms with Crippen molar-refractivity contribution in [3.8, 4) is 0 Å². The zero-order valence-electron chi connectivity index (χ0n) is 13.3. The molecule has 0 spiro atoms. The summed E-state index contributed by atoms with van der Waals surface area (Å²) in [6, 6.07) is 0. The van der Waals surface area contributed by atoms with E-state index in [9.17, 15) is 5.11 Å². The van der Waals surface area contributed by atoms with Crippen molar-refractivity contribution in [1.29, 1.82) is 0 Å². The second-order valence-corrected chi connectivity index (χ2v) is 12.8. The molecule has 5 heteroatoms. The first kappa shape index (κ1) is 15.4. The fourth-order valence-electron chi connectivity index (χ4n) is 3.13. The van der Waals surface area contributed by atoms with Gasteiger partial charge in [0.15, 0.2) is 8.32 Å². The second kappa shape index (κ2) is 4.27. The average Bonchev–Trinajstić information content (AvgIpc) is 2.63. The predicted molar refractivity (Wildman–Crippen MR) is 78.3 cm³/mol. The Hall–Kier alpha value is 0.0569. The SMILES string of the molecule is C[C@H]1C[C@]2(O)CNO[C@@H]2C1(C)O[Si](C)(C)C(C)(C)C. The van der Waals surface area contributed by atoms with Gasteiger partial charge in [-0.2, -0.15) is 5.48 Å². The maximum atomic E-state index is 10.7. The Morgan fingerprint density at radius 2 is 1.95 bits per heavy atom. The molecule has 4 nitrogen and oxygen atoms in total. The van der Waals surface area contributed by atoms with E-state index in [1.165, 1.54) is 0 Å². The van der Waals surface area contributed by atoms with Crippen molar-refractivity contribution < 1.29 is 14.4 Å². The highest BCUT2D eigenvalue weighted by atomic mass is 28.4. The molecule has 0 radical (unpaired) electrons. The molecule has 1 aliphatic heterocycles. The number of fused-ring (bicyclic) bond motifs is 1. The predicted octanol–water partition coefficient (Wildman–Crippen LogP) is 2.44. The number of hydrogen-bond acceptors (Lipinski definition) is 4. The molecule has 19 heavy (non-hydrogen) atoms. The molecule has 0 bridgehead atoms. The third-order valence-corrected chi connectivity index (χ3v) is 10.1. The van der Waals surface area contributed by atoms with Gasteiger partial charge in [0.05, 0.1) is 12.1 Å². The third kappa shape index (κ3) is 2.29. The van der Waals surface area contributed by atoms with E-state index >= 15 is 0 Å². The van der Waals surface area contributed by atoms with Crippen molar-refractivity contribution >= 4 is 8.32 Å². The van der Waals surface area contributed by atoms with Crippen molar-refractivity contribution in [1.82, 2.24) is 5.48 Å². The molecule has 1 saturated heterocycles. The minimum absolute atomic E-state index is 0.155. The van der Waals surface area contributed by atoms with Gasteiger partial charge in [0.1, 0.15) is 11.7 Å². The van der Waals surface area contributed by atoms with Crippen LogP contribution in [0.25, 0.3) is 0 Å². The van der Waals surface area contributed by atoms with Crippen molar-refractivity contribution in [3.05, 3.63) is 0 Å². The lowest BCUT2D eigenvalue weighted by molar-refractivity contribution is -0.122. The third-order valence-electron chi connectivity index (χ3n) is 5.51. The van der Waals surface area contributed by atoms with Crippen LogP contribution < -0.4 is 5.48 Å². The summed E-state index contributed by atoms with van der Waals surface area (Å²) >= 11 is 0. The minimum Gasteiger partial charge on any atom is -0.409 e. The van der Waals surface area contributed by atoms with Crippen molar-refractivity contribution in [2.45, 2.75) is 76.5 Å². The van der Waals surface area contributed by atoms with Crippen LogP contribution in [0.5, 0.6) is 0 Å².